The third kappa shape index (κ3) is 6.33. The molecule has 0 saturated heterocycles. The average molecular weight is 511 g/mol. The van der Waals surface area contributed by atoms with Crippen molar-refractivity contribution in [1.29, 1.82) is 0 Å². The fourth-order valence-corrected chi connectivity index (χ4v) is 4.47. The Morgan fingerprint density at radius 2 is 0.879 bits per heavy atom. The molecule has 0 spiro atoms. The standard InChI is InChI=1S/2C12H12O3S.Ca/c2*1-8-3-4-10-7-11(16(13,14)15)5-6-12(10)9(8)2;/h2*3-7H,1-2H3,(H,13,14,15);/q;;+2/p-2. The second kappa shape index (κ2) is 10.4. The Balaban J connectivity index is 0.000000227. The van der Waals surface area contributed by atoms with Gasteiger partial charge in [-0.05, 0) is 95.8 Å². The second-order valence-electron chi connectivity index (χ2n) is 7.69. The molecule has 0 aromatic heterocycles. The van der Waals surface area contributed by atoms with Crippen LogP contribution in [0, 0.1) is 27.7 Å². The van der Waals surface area contributed by atoms with Gasteiger partial charge in [-0.25, -0.2) is 16.8 Å². The van der Waals surface area contributed by atoms with Gasteiger partial charge < -0.3 is 9.11 Å². The second-order valence-corrected chi connectivity index (χ2v) is 10.4. The van der Waals surface area contributed by atoms with Gasteiger partial charge in [0.15, 0.2) is 0 Å². The van der Waals surface area contributed by atoms with Gasteiger partial charge in [-0.1, -0.05) is 36.4 Å². The first-order valence-corrected chi connectivity index (χ1v) is 12.5. The predicted octanol–water partition coefficient (Wildman–Crippen LogP) is 4.34. The van der Waals surface area contributed by atoms with Crippen LogP contribution >= 0.6 is 0 Å². The predicted molar refractivity (Wildman–Crippen MR) is 129 cm³/mol. The number of aryl methyl sites for hydroxylation is 4. The van der Waals surface area contributed by atoms with E-state index >= 15 is 0 Å². The van der Waals surface area contributed by atoms with Gasteiger partial charge in [-0.2, -0.15) is 0 Å². The van der Waals surface area contributed by atoms with Crippen LogP contribution in [0.3, 0.4) is 0 Å². The molecule has 0 N–H and O–H groups in total. The Kier molecular flexibility index (Phi) is 8.73. The summed E-state index contributed by atoms with van der Waals surface area (Å²) in [4.78, 5) is -0.355. The Labute approximate surface area is 224 Å². The molecule has 0 unspecified atom stereocenters. The zero-order chi connectivity index (χ0) is 23.8. The molecular weight excluding hydrogens is 488 g/mol. The van der Waals surface area contributed by atoms with E-state index in [0.29, 0.717) is 0 Å². The Bertz CT molecular complexity index is 1440. The average Bonchev–Trinajstić information content (AvgIpc) is 2.72. The minimum Gasteiger partial charge on any atom is -0.744 e. The van der Waals surface area contributed by atoms with E-state index in [1.807, 2.05) is 52.0 Å². The van der Waals surface area contributed by atoms with Gasteiger partial charge in [0.2, 0.25) is 0 Å². The molecule has 168 valence electrons. The van der Waals surface area contributed by atoms with E-state index in [-0.39, 0.29) is 47.5 Å². The van der Waals surface area contributed by atoms with Crippen LogP contribution < -0.4 is 0 Å². The van der Waals surface area contributed by atoms with Crippen LogP contribution in [-0.4, -0.2) is 63.7 Å². The molecule has 0 saturated carbocycles. The number of hydrogen-bond acceptors (Lipinski definition) is 6. The van der Waals surface area contributed by atoms with E-state index in [1.54, 1.807) is 12.1 Å². The van der Waals surface area contributed by atoms with Crippen LogP contribution in [0.4, 0.5) is 0 Å². The molecule has 0 aliphatic heterocycles. The fourth-order valence-electron chi connectivity index (χ4n) is 3.46. The quantitative estimate of drug-likeness (QED) is 0.293. The molecule has 0 amide bonds. The first-order valence-electron chi connectivity index (χ1n) is 9.71. The third-order valence-electron chi connectivity index (χ3n) is 5.64. The number of benzene rings is 4. The van der Waals surface area contributed by atoms with Crippen molar-refractivity contribution in [3.63, 3.8) is 0 Å². The van der Waals surface area contributed by atoms with Gasteiger partial charge in [0.05, 0.1) is 9.79 Å². The maximum absolute atomic E-state index is 10.9. The summed E-state index contributed by atoms with van der Waals surface area (Å²) in [6.07, 6.45) is 0. The first kappa shape index (κ1) is 27.7. The Morgan fingerprint density at radius 3 is 1.18 bits per heavy atom. The Hall–Kier alpha value is -1.52. The van der Waals surface area contributed by atoms with E-state index in [4.69, 9.17) is 0 Å². The van der Waals surface area contributed by atoms with E-state index in [0.717, 1.165) is 43.8 Å². The maximum Gasteiger partial charge on any atom is 2.00 e. The number of rotatable bonds is 2. The summed E-state index contributed by atoms with van der Waals surface area (Å²) >= 11 is 0. The van der Waals surface area contributed by atoms with Crippen LogP contribution in [0.5, 0.6) is 0 Å². The van der Waals surface area contributed by atoms with Crippen LogP contribution in [-0.2, 0) is 20.2 Å². The van der Waals surface area contributed by atoms with Crippen LogP contribution in [0.15, 0.2) is 70.5 Å². The molecular formula is C24H22CaO6S2. The molecule has 0 bridgehead atoms. The molecule has 0 atom stereocenters. The van der Waals surface area contributed by atoms with E-state index < -0.39 is 20.2 Å². The van der Waals surface area contributed by atoms with Crippen molar-refractivity contribution in [1.82, 2.24) is 0 Å². The zero-order valence-corrected chi connectivity index (χ0v) is 22.6. The normalized spacial score (nSPS) is 11.6. The van der Waals surface area contributed by atoms with Gasteiger partial charge in [-0.15, -0.1) is 0 Å². The van der Waals surface area contributed by atoms with Crippen LogP contribution in [0.2, 0.25) is 0 Å². The summed E-state index contributed by atoms with van der Waals surface area (Å²) in [5.74, 6) is 0. The number of fused-ring (bicyclic) bond motifs is 2. The SMILES string of the molecule is Cc1ccc2cc(S(=O)(=O)[O-])ccc2c1C.Cc1ccc2cc(S(=O)(=O)[O-])ccc2c1C.[Ca+2]. The van der Waals surface area contributed by atoms with E-state index in [1.165, 1.54) is 24.3 Å². The first-order chi connectivity index (χ1) is 14.8. The van der Waals surface area contributed by atoms with Crippen molar-refractivity contribution >= 4 is 79.5 Å². The molecule has 0 aliphatic rings. The monoisotopic (exact) mass is 510 g/mol. The molecule has 9 heteroatoms. The minimum absolute atomic E-state index is 0. The van der Waals surface area contributed by atoms with Gasteiger partial charge in [0.25, 0.3) is 0 Å². The molecule has 0 heterocycles. The van der Waals surface area contributed by atoms with Crippen molar-refractivity contribution < 1.29 is 25.9 Å². The molecule has 33 heavy (non-hydrogen) atoms. The third-order valence-corrected chi connectivity index (χ3v) is 7.30. The largest absolute Gasteiger partial charge is 2.00 e. The summed E-state index contributed by atoms with van der Waals surface area (Å²) in [6.45, 7) is 7.94. The summed E-state index contributed by atoms with van der Waals surface area (Å²) < 4.78 is 65.2. The molecule has 0 aliphatic carbocycles. The molecule has 4 aromatic rings. The topological polar surface area (TPSA) is 114 Å². The summed E-state index contributed by atoms with van der Waals surface area (Å²) in [6, 6.07) is 16.4. The molecule has 4 aromatic carbocycles. The molecule has 0 fully saturated rings. The van der Waals surface area contributed by atoms with Crippen LogP contribution in [0.1, 0.15) is 22.3 Å². The van der Waals surface area contributed by atoms with Gasteiger partial charge in [0.1, 0.15) is 20.2 Å². The maximum atomic E-state index is 10.9. The van der Waals surface area contributed by atoms with E-state index in [9.17, 15) is 25.9 Å². The van der Waals surface area contributed by atoms with Gasteiger partial charge >= 0.3 is 37.7 Å². The van der Waals surface area contributed by atoms with Crippen molar-refractivity contribution in [2.45, 2.75) is 37.5 Å². The molecule has 0 radical (unpaired) electrons. The smallest absolute Gasteiger partial charge is 0.744 e. The minimum atomic E-state index is -4.37. The summed E-state index contributed by atoms with van der Waals surface area (Å²) in [5, 5.41) is 3.51. The summed E-state index contributed by atoms with van der Waals surface area (Å²) in [7, 11) is -8.73. The molecule has 6 nitrogen and oxygen atoms in total. The van der Waals surface area contributed by atoms with Crippen molar-refractivity contribution in [3.8, 4) is 0 Å². The van der Waals surface area contributed by atoms with Crippen molar-refractivity contribution in [2.24, 2.45) is 0 Å². The van der Waals surface area contributed by atoms with Gasteiger partial charge in [-0.3, -0.25) is 0 Å². The van der Waals surface area contributed by atoms with Gasteiger partial charge in [0, 0.05) is 0 Å². The molecule has 4 rings (SSSR count). The van der Waals surface area contributed by atoms with Crippen LogP contribution in [0.25, 0.3) is 21.5 Å². The Morgan fingerprint density at radius 1 is 0.545 bits per heavy atom. The zero-order valence-electron chi connectivity index (χ0n) is 18.7. The summed E-state index contributed by atoms with van der Waals surface area (Å²) in [5.41, 5.74) is 4.50. The fraction of sp³-hybridized carbons (Fsp3) is 0.167. The number of hydrogen-bond donors (Lipinski definition) is 0. The van der Waals surface area contributed by atoms with Crippen molar-refractivity contribution in [3.05, 3.63) is 82.9 Å². The van der Waals surface area contributed by atoms with E-state index in [2.05, 4.69) is 0 Å². The van der Waals surface area contributed by atoms with Crippen molar-refractivity contribution in [2.75, 3.05) is 0 Å².